The van der Waals surface area contributed by atoms with Gasteiger partial charge in [0.2, 0.25) is 0 Å². The van der Waals surface area contributed by atoms with Crippen LogP contribution in [0.5, 0.6) is 0 Å². The second-order valence-electron chi connectivity index (χ2n) is 4.73. The van der Waals surface area contributed by atoms with Crippen LogP contribution < -0.4 is 10.2 Å². The summed E-state index contributed by atoms with van der Waals surface area (Å²) in [5.41, 5.74) is 1.30. The van der Waals surface area contributed by atoms with Crippen molar-refractivity contribution in [2.75, 3.05) is 43.7 Å². The molecular formula is C15H20N2O5. The molecule has 0 aliphatic carbocycles. The molecule has 1 aromatic carbocycles. The summed E-state index contributed by atoms with van der Waals surface area (Å²) in [7, 11) is 1.62. The first kappa shape index (κ1) is 16.3. The third-order valence-corrected chi connectivity index (χ3v) is 3.17. The predicted octanol–water partition coefficient (Wildman–Crippen LogP) is 1.63. The van der Waals surface area contributed by atoms with Gasteiger partial charge in [0.15, 0.2) is 6.10 Å². The fraction of sp³-hybridized carbons (Fsp3) is 0.467. The number of ether oxygens (including phenoxy) is 3. The van der Waals surface area contributed by atoms with Gasteiger partial charge in [-0.3, -0.25) is 9.69 Å². The number of carbonyl (C=O) groups excluding carboxylic acids is 2. The number of hydrogen-bond acceptors (Lipinski definition) is 5. The van der Waals surface area contributed by atoms with E-state index in [-0.39, 0.29) is 12.5 Å². The van der Waals surface area contributed by atoms with Crippen molar-refractivity contribution in [3.8, 4) is 0 Å². The van der Waals surface area contributed by atoms with Gasteiger partial charge in [0.1, 0.15) is 0 Å². The van der Waals surface area contributed by atoms with Crippen molar-refractivity contribution < 1.29 is 23.8 Å². The lowest BCUT2D eigenvalue weighted by molar-refractivity contribution is -0.142. The molecule has 7 nitrogen and oxygen atoms in total. The molecule has 1 atom stereocenters. The van der Waals surface area contributed by atoms with Gasteiger partial charge in [0.25, 0.3) is 5.91 Å². The van der Waals surface area contributed by atoms with Crippen LogP contribution in [0.1, 0.15) is 6.92 Å². The van der Waals surface area contributed by atoms with Gasteiger partial charge in [-0.2, -0.15) is 0 Å². The lowest BCUT2D eigenvalue weighted by Gasteiger charge is -2.22. The Morgan fingerprint density at radius 1 is 1.32 bits per heavy atom. The van der Waals surface area contributed by atoms with E-state index in [0.717, 1.165) is 0 Å². The Kier molecular flexibility index (Phi) is 5.74. The van der Waals surface area contributed by atoms with Gasteiger partial charge < -0.3 is 19.5 Å². The second kappa shape index (κ2) is 7.77. The summed E-state index contributed by atoms with van der Waals surface area (Å²) in [6.45, 7) is 3.26. The Morgan fingerprint density at radius 2 is 2.05 bits per heavy atom. The lowest BCUT2D eigenvalue weighted by Crippen LogP contribution is -2.39. The highest BCUT2D eigenvalue weighted by atomic mass is 16.6. The minimum atomic E-state index is -0.587. The number of hydrogen-bond donors (Lipinski definition) is 1. The van der Waals surface area contributed by atoms with Crippen molar-refractivity contribution in [1.29, 1.82) is 0 Å². The zero-order valence-corrected chi connectivity index (χ0v) is 12.7. The zero-order chi connectivity index (χ0) is 15.9. The van der Waals surface area contributed by atoms with E-state index in [1.807, 2.05) is 0 Å². The molecular weight excluding hydrogens is 288 g/mol. The van der Waals surface area contributed by atoms with Gasteiger partial charge in [0, 0.05) is 18.4 Å². The van der Waals surface area contributed by atoms with Crippen molar-refractivity contribution in [3.05, 3.63) is 24.3 Å². The molecule has 2 rings (SSSR count). The maximum atomic E-state index is 12.0. The zero-order valence-electron chi connectivity index (χ0n) is 12.7. The predicted molar refractivity (Wildman–Crippen MR) is 81.1 cm³/mol. The molecule has 0 radical (unpaired) electrons. The number of benzene rings is 1. The molecule has 1 aromatic rings. The molecule has 1 saturated heterocycles. The van der Waals surface area contributed by atoms with Crippen molar-refractivity contribution in [1.82, 2.24) is 0 Å². The second-order valence-corrected chi connectivity index (χ2v) is 4.73. The van der Waals surface area contributed by atoms with Crippen LogP contribution in [0.2, 0.25) is 0 Å². The molecule has 1 N–H and O–H groups in total. The Labute approximate surface area is 129 Å². The van der Waals surface area contributed by atoms with E-state index < -0.39 is 12.2 Å². The van der Waals surface area contributed by atoms with Gasteiger partial charge in [-0.25, -0.2) is 4.79 Å². The quantitative estimate of drug-likeness (QED) is 0.915. The largest absolute Gasteiger partial charge is 0.449 e. The molecule has 1 heterocycles. The summed E-state index contributed by atoms with van der Waals surface area (Å²) >= 11 is 0. The first-order valence-corrected chi connectivity index (χ1v) is 7.12. The highest BCUT2D eigenvalue weighted by Gasteiger charge is 2.22. The molecule has 1 aliphatic rings. The van der Waals surface area contributed by atoms with E-state index in [9.17, 15) is 9.59 Å². The number of rotatable bonds is 4. The van der Waals surface area contributed by atoms with Gasteiger partial charge in [-0.1, -0.05) is 0 Å². The average molecular weight is 308 g/mol. The molecule has 0 unspecified atom stereocenters. The standard InChI is InChI=1S/C15H20N2O5/c1-3-21-15(19)17(2)12-6-4-11(5-7-12)16-14(18)13-10-20-8-9-22-13/h4-7,13H,3,8-10H2,1-2H3,(H,16,18)/t13-/m0/s1. The van der Waals surface area contributed by atoms with E-state index in [2.05, 4.69) is 5.32 Å². The summed E-state index contributed by atoms with van der Waals surface area (Å²) in [6, 6.07) is 6.88. The molecule has 1 aliphatic heterocycles. The van der Waals surface area contributed by atoms with E-state index in [1.54, 1.807) is 38.2 Å². The third kappa shape index (κ3) is 4.19. The molecule has 7 heteroatoms. The Hall–Kier alpha value is -2.12. The maximum Gasteiger partial charge on any atom is 0.413 e. The van der Waals surface area contributed by atoms with E-state index >= 15 is 0 Å². The smallest absolute Gasteiger partial charge is 0.413 e. The summed E-state index contributed by atoms with van der Waals surface area (Å²) in [4.78, 5) is 25.0. The van der Waals surface area contributed by atoms with E-state index in [4.69, 9.17) is 14.2 Å². The molecule has 0 saturated carbocycles. The maximum absolute atomic E-state index is 12.0. The van der Waals surface area contributed by atoms with Crippen LogP contribution in [0, 0.1) is 0 Å². The Bertz CT molecular complexity index is 511. The number of nitrogens with zero attached hydrogens (tertiary/aromatic N) is 1. The van der Waals surface area contributed by atoms with Gasteiger partial charge in [0.05, 0.1) is 26.4 Å². The lowest BCUT2D eigenvalue weighted by atomic mass is 10.2. The summed E-state index contributed by atoms with van der Waals surface area (Å²) in [6.07, 6.45) is -1.01. The van der Waals surface area contributed by atoms with Gasteiger partial charge >= 0.3 is 6.09 Å². The van der Waals surface area contributed by atoms with E-state index in [0.29, 0.717) is 31.2 Å². The molecule has 0 bridgehead atoms. The Balaban J connectivity index is 1.93. The van der Waals surface area contributed by atoms with Crippen LogP contribution in [0.15, 0.2) is 24.3 Å². The minimum Gasteiger partial charge on any atom is -0.449 e. The van der Waals surface area contributed by atoms with Crippen molar-refractivity contribution in [3.63, 3.8) is 0 Å². The SMILES string of the molecule is CCOC(=O)N(C)c1ccc(NC(=O)[C@@H]2COCCO2)cc1. The molecule has 120 valence electrons. The van der Waals surface area contributed by atoms with Crippen LogP contribution in [-0.4, -0.2) is 51.6 Å². The fourth-order valence-corrected chi connectivity index (χ4v) is 1.96. The van der Waals surface area contributed by atoms with Crippen LogP contribution in [0.4, 0.5) is 16.2 Å². The number of anilines is 2. The van der Waals surface area contributed by atoms with Crippen LogP contribution in [0.3, 0.4) is 0 Å². The van der Waals surface area contributed by atoms with Gasteiger partial charge in [-0.15, -0.1) is 0 Å². The summed E-state index contributed by atoms with van der Waals surface area (Å²) in [5, 5.41) is 2.75. The van der Waals surface area contributed by atoms with E-state index in [1.165, 1.54) is 4.90 Å². The Morgan fingerprint density at radius 3 is 2.64 bits per heavy atom. The summed E-state index contributed by atoms with van der Waals surface area (Å²) in [5.74, 6) is -0.244. The normalized spacial score (nSPS) is 17.6. The fourth-order valence-electron chi connectivity index (χ4n) is 1.96. The number of carbonyl (C=O) groups is 2. The van der Waals surface area contributed by atoms with Crippen LogP contribution in [-0.2, 0) is 19.0 Å². The molecule has 22 heavy (non-hydrogen) atoms. The first-order valence-electron chi connectivity index (χ1n) is 7.12. The highest BCUT2D eigenvalue weighted by molar-refractivity contribution is 5.95. The topological polar surface area (TPSA) is 77.1 Å². The molecule has 0 aromatic heterocycles. The monoisotopic (exact) mass is 308 g/mol. The van der Waals surface area contributed by atoms with Crippen molar-refractivity contribution in [2.45, 2.75) is 13.0 Å². The molecule has 2 amide bonds. The van der Waals surface area contributed by atoms with Crippen LogP contribution >= 0.6 is 0 Å². The number of amides is 2. The van der Waals surface area contributed by atoms with Crippen molar-refractivity contribution in [2.24, 2.45) is 0 Å². The summed E-state index contributed by atoms with van der Waals surface area (Å²) < 4.78 is 15.4. The van der Waals surface area contributed by atoms with Crippen LogP contribution in [0.25, 0.3) is 0 Å². The number of nitrogens with one attached hydrogen (secondary N) is 1. The minimum absolute atomic E-state index is 0.244. The van der Waals surface area contributed by atoms with Gasteiger partial charge in [-0.05, 0) is 31.2 Å². The molecule has 0 spiro atoms. The van der Waals surface area contributed by atoms with Crippen molar-refractivity contribution >= 4 is 23.4 Å². The third-order valence-electron chi connectivity index (χ3n) is 3.17. The molecule has 1 fully saturated rings. The average Bonchev–Trinajstić information content (AvgIpc) is 2.56. The highest BCUT2D eigenvalue weighted by Crippen LogP contribution is 2.18. The first-order chi connectivity index (χ1) is 10.6.